The topological polar surface area (TPSA) is 75.3 Å². The Morgan fingerprint density at radius 1 is 1.31 bits per heavy atom. The van der Waals surface area contributed by atoms with E-state index in [4.69, 9.17) is 0 Å². The van der Waals surface area contributed by atoms with Crippen LogP contribution in [0, 0.1) is 0 Å². The van der Waals surface area contributed by atoms with Crippen molar-refractivity contribution in [3.05, 3.63) is 11.9 Å². The Morgan fingerprint density at radius 3 is 2.44 bits per heavy atom. The summed E-state index contributed by atoms with van der Waals surface area (Å²) in [5, 5.41) is 2.25. The zero-order chi connectivity index (χ0) is 12.6. The van der Waals surface area contributed by atoms with Crippen LogP contribution < -0.4 is 10.0 Å². The van der Waals surface area contributed by atoms with Gasteiger partial charge in [0, 0.05) is 13.1 Å². The number of nitrogens with one attached hydrogen (secondary N) is 2. The fourth-order valence-corrected chi connectivity index (χ4v) is 1.46. The van der Waals surface area contributed by atoms with Crippen LogP contribution in [0.2, 0.25) is 0 Å². The molecule has 0 bridgehead atoms. The van der Waals surface area contributed by atoms with Gasteiger partial charge >= 0.3 is 0 Å². The van der Waals surface area contributed by atoms with Crippen LogP contribution in [-0.4, -0.2) is 33.2 Å². The molecule has 5 nitrogen and oxygen atoms in total. The van der Waals surface area contributed by atoms with Crippen molar-refractivity contribution in [1.82, 2.24) is 10.0 Å². The lowest BCUT2D eigenvalue weighted by molar-refractivity contribution is -0.118. The number of hydrogen-bond donors (Lipinski definition) is 2. The van der Waals surface area contributed by atoms with Crippen LogP contribution in [0.25, 0.3) is 0 Å². The first-order chi connectivity index (χ1) is 7.43. The zero-order valence-electron chi connectivity index (χ0n) is 9.42. The second-order valence-corrected chi connectivity index (χ2v) is 5.11. The quantitative estimate of drug-likeness (QED) is 0.505. The molecule has 2 N–H and O–H groups in total. The Labute approximate surface area is 95.2 Å². The molecule has 0 saturated heterocycles. The van der Waals surface area contributed by atoms with Gasteiger partial charge in [-0.05, 0) is 19.4 Å². The lowest BCUT2D eigenvalue weighted by Crippen LogP contribution is -2.35. The van der Waals surface area contributed by atoms with Crippen LogP contribution >= 0.6 is 0 Å². The van der Waals surface area contributed by atoms with Gasteiger partial charge < -0.3 is 5.32 Å². The van der Waals surface area contributed by atoms with Crippen LogP contribution in [0.1, 0.15) is 20.3 Å². The van der Waals surface area contributed by atoms with Gasteiger partial charge in [0.2, 0.25) is 10.0 Å². The van der Waals surface area contributed by atoms with Crippen molar-refractivity contribution in [3.8, 4) is 0 Å². The molecule has 1 amide bonds. The van der Waals surface area contributed by atoms with E-state index in [0.29, 0.717) is 6.42 Å². The molecule has 0 spiro atoms. The van der Waals surface area contributed by atoms with E-state index in [0.717, 1.165) is 6.08 Å². The van der Waals surface area contributed by atoms with E-state index in [9.17, 15) is 17.6 Å². The van der Waals surface area contributed by atoms with Crippen molar-refractivity contribution in [2.24, 2.45) is 0 Å². The van der Waals surface area contributed by atoms with Crippen molar-refractivity contribution < 1.29 is 17.6 Å². The maximum Gasteiger partial charge on any atom is 0.279 e. The second kappa shape index (κ2) is 7.34. The van der Waals surface area contributed by atoms with Gasteiger partial charge in [-0.3, -0.25) is 4.79 Å². The Hall–Kier alpha value is -0.950. The zero-order valence-corrected chi connectivity index (χ0v) is 10.2. The molecule has 16 heavy (non-hydrogen) atoms. The Bertz CT molecular complexity index is 352. The van der Waals surface area contributed by atoms with Crippen LogP contribution in [-0.2, 0) is 14.8 Å². The van der Waals surface area contributed by atoms with Gasteiger partial charge in [-0.25, -0.2) is 17.5 Å². The SMILES string of the molecule is CC/C=C(\F)C(=O)NCCNS(=O)(=O)CC. The van der Waals surface area contributed by atoms with Gasteiger partial charge in [0.05, 0.1) is 5.75 Å². The molecular weight excluding hydrogens is 235 g/mol. The highest BCUT2D eigenvalue weighted by Crippen LogP contribution is 1.97. The van der Waals surface area contributed by atoms with Crippen molar-refractivity contribution in [2.45, 2.75) is 20.3 Å². The molecular formula is C9H17FN2O3S. The maximum absolute atomic E-state index is 12.8. The standard InChI is InChI=1S/C9H17FN2O3S/c1-3-5-8(10)9(13)11-6-7-12-16(14,15)4-2/h5,12H,3-4,6-7H2,1-2H3,(H,11,13)/b8-5-. The van der Waals surface area contributed by atoms with Crippen molar-refractivity contribution in [1.29, 1.82) is 0 Å². The summed E-state index contributed by atoms with van der Waals surface area (Å²) in [6.07, 6.45) is 1.59. The first-order valence-electron chi connectivity index (χ1n) is 5.04. The number of rotatable bonds is 7. The molecule has 0 aliphatic heterocycles. The minimum Gasteiger partial charge on any atom is -0.349 e. The third kappa shape index (κ3) is 6.52. The fourth-order valence-electron chi connectivity index (χ4n) is 0.841. The predicted molar refractivity (Wildman–Crippen MR) is 60.0 cm³/mol. The highest BCUT2D eigenvalue weighted by atomic mass is 32.2. The molecule has 0 fully saturated rings. The van der Waals surface area contributed by atoms with Crippen molar-refractivity contribution in [3.63, 3.8) is 0 Å². The molecule has 7 heteroatoms. The highest BCUT2D eigenvalue weighted by Gasteiger charge is 2.08. The third-order valence-corrected chi connectivity index (χ3v) is 3.12. The summed E-state index contributed by atoms with van der Waals surface area (Å²) in [4.78, 5) is 11.0. The lowest BCUT2D eigenvalue weighted by Gasteiger charge is -2.05. The number of halogens is 1. The largest absolute Gasteiger partial charge is 0.349 e. The molecule has 0 rings (SSSR count). The normalized spacial score (nSPS) is 12.6. The predicted octanol–water partition coefficient (Wildman–Crippen LogP) is 0.305. The number of carbonyl (C=O) groups is 1. The van der Waals surface area contributed by atoms with E-state index in [1.807, 2.05) is 0 Å². The second-order valence-electron chi connectivity index (χ2n) is 3.01. The molecule has 0 aromatic heterocycles. The summed E-state index contributed by atoms with van der Waals surface area (Å²) >= 11 is 0. The van der Waals surface area contributed by atoms with E-state index >= 15 is 0 Å². The minimum absolute atomic E-state index is 0.0228. The number of allylic oxidation sites excluding steroid dienone is 1. The summed E-state index contributed by atoms with van der Waals surface area (Å²) in [6.45, 7) is 3.33. The highest BCUT2D eigenvalue weighted by molar-refractivity contribution is 7.89. The van der Waals surface area contributed by atoms with Gasteiger partial charge in [-0.2, -0.15) is 0 Å². The summed E-state index contributed by atoms with van der Waals surface area (Å²) in [5.74, 6) is -1.69. The van der Waals surface area contributed by atoms with Gasteiger partial charge in [-0.15, -0.1) is 0 Å². The van der Waals surface area contributed by atoms with Crippen LogP contribution in [0.5, 0.6) is 0 Å². The number of amides is 1. The van der Waals surface area contributed by atoms with Crippen LogP contribution in [0.3, 0.4) is 0 Å². The number of hydrogen-bond acceptors (Lipinski definition) is 3. The molecule has 0 radical (unpaired) electrons. The van der Waals surface area contributed by atoms with Crippen molar-refractivity contribution >= 4 is 15.9 Å². The van der Waals surface area contributed by atoms with Crippen molar-refractivity contribution in [2.75, 3.05) is 18.8 Å². The van der Waals surface area contributed by atoms with E-state index in [2.05, 4.69) is 10.0 Å². The molecule has 0 aliphatic carbocycles. The maximum atomic E-state index is 12.8. The van der Waals surface area contributed by atoms with Gasteiger partial charge in [0.1, 0.15) is 0 Å². The third-order valence-electron chi connectivity index (χ3n) is 1.71. The first kappa shape index (κ1) is 15.0. The molecule has 0 heterocycles. The lowest BCUT2D eigenvalue weighted by atomic mass is 10.4. The van der Waals surface area contributed by atoms with E-state index in [1.165, 1.54) is 6.92 Å². The Morgan fingerprint density at radius 2 is 1.94 bits per heavy atom. The van der Waals surface area contributed by atoms with E-state index < -0.39 is 21.8 Å². The first-order valence-corrected chi connectivity index (χ1v) is 6.69. The molecule has 0 aliphatic rings. The molecule has 0 aromatic rings. The molecule has 0 unspecified atom stereocenters. The summed E-state index contributed by atoms with van der Waals surface area (Å²) in [7, 11) is -3.26. The summed E-state index contributed by atoms with van der Waals surface area (Å²) < 4.78 is 37.0. The minimum atomic E-state index is -3.26. The van der Waals surface area contributed by atoms with Gasteiger partial charge in [0.15, 0.2) is 5.83 Å². The Balaban J connectivity index is 3.84. The van der Waals surface area contributed by atoms with Crippen LogP contribution in [0.15, 0.2) is 11.9 Å². The Kier molecular flexibility index (Phi) is 6.91. The summed E-state index contributed by atoms with van der Waals surface area (Å²) in [5.41, 5.74) is 0. The molecule has 94 valence electrons. The van der Waals surface area contributed by atoms with Gasteiger partial charge in [0.25, 0.3) is 5.91 Å². The van der Waals surface area contributed by atoms with E-state index in [-0.39, 0.29) is 18.8 Å². The number of carbonyl (C=O) groups excluding carboxylic acids is 1. The van der Waals surface area contributed by atoms with Crippen LogP contribution in [0.4, 0.5) is 4.39 Å². The number of sulfonamides is 1. The molecule has 0 atom stereocenters. The average molecular weight is 252 g/mol. The molecule has 0 aromatic carbocycles. The smallest absolute Gasteiger partial charge is 0.279 e. The van der Waals surface area contributed by atoms with Gasteiger partial charge in [-0.1, -0.05) is 6.92 Å². The van der Waals surface area contributed by atoms with E-state index in [1.54, 1.807) is 6.92 Å². The average Bonchev–Trinajstić information content (AvgIpc) is 2.24. The fraction of sp³-hybridized carbons (Fsp3) is 0.667. The molecule has 0 saturated carbocycles. The monoisotopic (exact) mass is 252 g/mol. The summed E-state index contributed by atoms with van der Waals surface area (Å²) in [6, 6.07) is 0.